The van der Waals surface area contributed by atoms with Gasteiger partial charge in [0.2, 0.25) is 5.91 Å². The van der Waals surface area contributed by atoms with Crippen LogP contribution in [-0.4, -0.2) is 27.6 Å². The summed E-state index contributed by atoms with van der Waals surface area (Å²) in [7, 11) is 0. The number of rotatable bonds is 5. The third-order valence-corrected chi connectivity index (χ3v) is 5.40. The second-order valence-corrected chi connectivity index (χ2v) is 6.81. The summed E-state index contributed by atoms with van der Waals surface area (Å²) in [6, 6.07) is 0. The van der Waals surface area contributed by atoms with E-state index in [1.54, 1.807) is 23.5 Å². The number of carbonyl (C=O) groups is 1. The van der Waals surface area contributed by atoms with Gasteiger partial charge in [-0.15, -0.1) is 10.2 Å². The van der Waals surface area contributed by atoms with Crippen LogP contribution in [0.5, 0.6) is 0 Å². The average molecular weight is 278 g/mol. The fraction of sp³-hybridized carbons (Fsp3) is 0.625. The summed E-state index contributed by atoms with van der Waals surface area (Å²) in [5.74, 6) is 4.78. The van der Waals surface area contributed by atoms with Gasteiger partial charge in [0.05, 0.1) is 0 Å². The molecule has 16 heavy (non-hydrogen) atoms. The monoisotopic (exact) mass is 278 g/mol. The second-order valence-electron chi connectivity index (χ2n) is 3.16. The number of nitrogens with one attached hydrogen (secondary N) is 1. The lowest BCUT2D eigenvalue weighted by Gasteiger charge is -2.15. The number of hydrogen-bond donors (Lipinski definition) is 2. The minimum atomic E-state index is -0.158. The number of amides is 1. The molecule has 1 heterocycles. The molecule has 0 saturated heterocycles. The second kappa shape index (κ2) is 6.43. The lowest BCUT2D eigenvalue weighted by molar-refractivity contribution is -0.124. The minimum absolute atomic E-state index is 0.117. The normalized spacial score (nSPS) is 14.5. The Kier molecular flexibility index (Phi) is 5.53. The quantitative estimate of drug-likeness (QED) is 0.366. The topological polar surface area (TPSA) is 80.9 Å². The van der Waals surface area contributed by atoms with E-state index in [1.807, 2.05) is 20.1 Å². The summed E-state index contributed by atoms with van der Waals surface area (Å²) in [5, 5.41) is 8.16. The van der Waals surface area contributed by atoms with Crippen molar-refractivity contribution in [2.24, 2.45) is 11.8 Å². The average Bonchev–Trinajstić information content (AvgIpc) is 2.74. The van der Waals surface area contributed by atoms with Gasteiger partial charge < -0.3 is 0 Å². The van der Waals surface area contributed by atoms with Crippen LogP contribution >= 0.6 is 34.9 Å². The van der Waals surface area contributed by atoms with Crippen LogP contribution in [0.25, 0.3) is 0 Å². The number of nitrogens with two attached hydrogens (primary N) is 1. The molecule has 90 valence electrons. The molecule has 0 aliphatic heterocycles. The number of hydrazine groups is 1. The minimum Gasteiger partial charge on any atom is -0.294 e. The van der Waals surface area contributed by atoms with E-state index in [0.717, 1.165) is 8.68 Å². The number of carbonyl (C=O) groups excluding carboxylic acids is 1. The Morgan fingerprint density at radius 2 is 2.06 bits per heavy atom. The van der Waals surface area contributed by atoms with Crippen LogP contribution in [0.2, 0.25) is 0 Å². The first-order chi connectivity index (χ1) is 7.58. The number of thioether (sulfide) groups is 2. The first-order valence-electron chi connectivity index (χ1n) is 4.63. The SMILES string of the molecule is CSc1nnc(SC(C)C(C)C(=O)NN)s1. The summed E-state index contributed by atoms with van der Waals surface area (Å²) in [6.45, 7) is 3.82. The maximum Gasteiger partial charge on any atom is 0.237 e. The van der Waals surface area contributed by atoms with Gasteiger partial charge in [0, 0.05) is 11.2 Å². The molecule has 2 atom stereocenters. The Bertz CT molecular complexity index is 357. The van der Waals surface area contributed by atoms with E-state index in [-0.39, 0.29) is 17.1 Å². The van der Waals surface area contributed by atoms with Crippen LogP contribution in [0.1, 0.15) is 13.8 Å². The smallest absolute Gasteiger partial charge is 0.237 e. The molecule has 1 aromatic heterocycles. The van der Waals surface area contributed by atoms with Crippen molar-refractivity contribution >= 4 is 40.8 Å². The third-order valence-electron chi connectivity index (χ3n) is 2.11. The van der Waals surface area contributed by atoms with E-state index >= 15 is 0 Å². The van der Waals surface area contributed by atoms with Crippen LogP contribution < -0.4 is 11.3 Å². The van der Waals surface area contributed by atoms with Crippen molar-refractivity contribution < 1.29 is 4.79 Å². The molecule has 8 heteroatoms. The Labute approximate surface area is 107 Å². The van der Waals surface area contributed by atoms with Crippen molar-refractivity contribution in [2.45, 2.75) is 27.8 Å². The molecular weight excluding hydrogens is 264 g/mol. The van der Waals surface area contributed by atoms with Gasteiger partial charge in [-0.1, -0.05) is 48.7 Å². The largest absolute Gasteiger partial charge is 0.294 e. The van der Waals surface area contributed by atoms with Crippen LogP contribution in [0.4, 0.5) is 0 Å². The standard InChI is InChI=1S/C8H14N4OS3/c1-4(6(13)10-9)5(2)15-8-12-11-7(14-3)16-8/h4-5H,9H2,1-3H3,(H,10,13). The number of hydrogen-bond acceptors (Lipinski definition) is 7. The first kappa shape index (κ1) is 13.8. The summed E-state index contributed by atoms with van der Waals surface area (Å²) in [5.41, 5.74) is 2.16. The third kappa shape index (κ3) is 3.62. The zero-order valence-electron chi connectivity index (χ0n) is 9.26. The molecule has 0 aliphatic rings. The summed E-state index contributed by atoms with van der Waals surface area (Å²) in [4.78, 5) is 11.3. The van der Waals surface area contributed by atoms with Gasteiger partial charge in [-0.3, -0.25) is 10.2 Å². The molecule has 5 nitrogen and oxygen atoms in total. The van der Waals surface area contributed by atoms with E-state index in [9.17, 15) is 4.79 Å². The highest BCUT2D eigenvalue weighted by molar-refractivity contribution is 8.03. The van der Waals surface area contributed by atoms with Gasteiger partial charge in [0.1, 0.15) is 0 Å². The maximum atomic E-state index is 11.3. The van der Waals surface area contributed by atoms with Gasteiger partial charge in [-0.2, -0.15) is 0 Å². The lowest BCUT2D eigenvalue weighted by Crippen LogP contribution is -2.38. The van der Waals surface area contributed by atoms with E-state index in [0.29, 0.717) is 0 Å². The predicted octanol–water partition coefficient (Wildman–Crippen LogP) is 1.37. The van der Waals surface area contributed by atoms with Crippen LogP contribution in [0.15, 0.2) is 8.68 Å². The highest BCUT2D eigenvalue weighted by atomic mass is 32.2. The fourth-order valence-corrected chi connectivity index (χ4v) is 3.71. The molecular formula is C8H14N4OS3. The van der Waals surface area contributed by atoms with E-state index < -0.39 is 0 Å². The van der Waals surface area contributed by atoms with E-state index in [1.165, 1.54) is 11.3 Å². The highest BCUT2D eigenvalue weighted by Crippen LogP contribution is 2.32. The molecule has 1 amide bonds. The molecule has 1 aromatic rings. The van der Waals surface area contributed by atoms with Gasteiger partial charge in [-0.05, 0) is 6.26 Å². The van der Waals surface area contributed by atoms with Crippen LogP contribution in [0, 0.1) is 5.92 Å². The molecule has 0 bridgehead atoms. The Balaban J connectivity index is 2.56. The zero-order chi connectivity index (χ0) is 12.1. The summed E-state index contributed by atoms with van der Waals surface area (Å²) < 4.78 is 1.82. The van der Waals surface area contributed by atoms with Gasteiger partial charge in [0.15, 0.2) is 8.68 Å². The zero-order valence-corrected chi connectivity index (χ0v) is 11.7. The van der Waals surface area contributed by atoms with Crippen molar-refractivity contribution in [1.29, 1.82) is 0 Å². The number of aromatic nitrogens is 2. The lowest BCUT2D eigenvalue weighted by atomic mass is 10.1. The Morgan fingerprint density at radius 1 is 1.44 bits per heavy atom. The van der Waals surface area contributed by atoms with E-state index in [4.69, 9.17) is 5.84 Å². The van der Waals surface area contributed by atoms with Crippen molar-refractivity contribution in [2.75, 3.05) is 6.26 Å². The Hall–Kier alpha value is -0.310. The first-order valence-corrected chi connectivity index (χ1v) is 7.55. The molecule has 2 unspecified atom stereocenters. The maximum absolute atomic E-state index is 11.3. The van der Waals surface area contributed by atoms with Gasteiger partial charge in [-0.25, -0.2) is 5.84 Å². The van der Waals surface area contributed by atoms with Gasteiger partial charge >= 0.3 is 0 Å². The molecule has 0 radical (unpaired) electrons. The van der Waals surface area contributed by atoms with Crippen molar-refractivity contribution in [3.05, 3.63) is 0 Å². The molecule has 0 fully saturated rings. The highest BCUT2D eigenvalue weighted by Gasteiger charge is 2.21. The summed E-state index contributed by atoms with van der Waals surface area (Å²) in [6.07, 6.45) is 1.96. The molecule has 0 aliphatic carbocycles. The fourth-order valence-electron chi connectivity index (χ4n) is 0.933. The predicted molar refractivity (Wildman–Crippen MR) is 68.5 cm³/mol. The summed E-state index contributed by atoms with van der Waals surface area (Å²) >= 11 is 4.65. The van der Waals surface area contributed by atoms with Crippen molar-refractivity contribution in [3.63, 3.8) is 0 Å². The van der Waals surface area contributed by atoms with Crippen molar-refractivity contribution in [3.8, 4) is 0 Å². The molecule has 3 N–H and O–H groups in total. The molecule has 0 aromatic carbocycles. The molecule has 0 saturated carbocycles. The van der Waals surface area contributed by atoms with E-state index in [2.05, 4.69) is 15.6 Å². The molecule has 1 rings (SSSR count). The Morgan fingerprint density at radius 3 is 2.56 bits per heavy atom. The van der Waals surface area contributed by atoms with Crippen molar-refractivity contribution in [1.82, 2.24) is 15.6 Å². The van der Waals surface area contributed by atoms with Crippen LogP contribution in [0.3, 0.4) is 0 Å². The van der Waals surface area contributed by atoms with Crippen LogP contribution in [-0.2, 0) is 4.79 Å². The molecule has 0 spiro atoms. The number of nitrogens with zero attached hydrogens (tertiary/aromatic N) is 2. The van der Waals surface area contributed by atoms with Gasteiger partial charge in [0.25, 0.3) is 0 Å².